The van der Waals surface area contributed by atoms with Crippen molar-refractivity contribution in [3.05, 3.63) is 60.0 Å². The van der Waals surface area contributed by atoms with Gasteiger partial charge in [0.2, 0.25) is 10.0 Å². The number of nitrogens with zero attached hydrogens (tertiary/aromatic N) is 4. The molecule has 3 aromatic rings. The van der Waals surface area contributed by atoms with Gasteiger partial charge in [0.05, 0.1) is 11.4 Å². The lowest BCUT2D eigenvalue weighted by atomic mass is 10.2. The lowest BCUT2D eigenvalue weighted by Gasteiger charge is -2.12. The summed E-state index contributed by atoms with van der Waals surface area (Å²) in [6.45, 7) is 0.867. The SMILES string of the molecule is CN=C(NCc1cccc(S(=O)(=O)NC)c1)NCc1nnc2ccccn12. The van der Waals surface area contributed by atoms with Crippen molar-refractivity contribution < 1.29 is 8.42 Å². The quantitative estimate of drug-likeness (QED) is 0.419. The normalized spacial score (nSPS) is 12.3. The van der Waals surface area contributed by atoms with Crippen LogP contribution in [0.2, 0.25) is 0 Å². The minimum absolute atomic E-state index is 0.224. The molecule has 0 atom stereocenters. The number of benzene rings is 1. The fraction of sp³-hybridized carbons (Fsp3) is 0.235. The molecule has 9 nitrogen and oxygen atoms in total. The van der Waals surface area contributed by atoms with Gasteiger partial charge in [-0.05, 0) is 36.9 Å². The topological polar surface area (TPSA) is 113 Å². The molecule has 3 rings (SSSR count). The van der Waals surface area contributed by atoms with Crippen molar-refractivity contribution in [2.24, 2.45) is 4.99 Å². The zero-order chi connectivity index (χ0) is 19.3. The Morgan fingerprint density at radius 2 is 1.93 bits per heavy atom. The largest absolute Gasteiger partial charge is 0.352 e. The third-order valence-electron chi connectivity index (χ3n) is 3.96. The monoisotopic (exact) mass is 387 g/mol. The van der Waals surface area contributed by atoms with Crippen molar-refractivity contribution in [1.82, 2.24) is 30.0 Å². The van der Waals surface area contributed by atoms with E-state index < -0.39 is 10.0 Å². The van der Waals surface area contributed by atoms with Crippen molar-refractivity contribution in [3.63, 3.8) is 0 Å². The maximum absolute atomic E-state index is 11.9. The van der Waals surface area contributed by atoms with E-state index in [-0.39, 0.29) is 4.90 Å². The van der Waals surface area contributed by atoms with Crippen molar-refractivity contribution >= 4 is 21.6 Å². The second kappa shape index (κ2) is 8.14. The summed E-state index contributed by atoms with van der Waals surface area (Å²) in [6.07, 6.45) is 1.90. The third-order valence-corrected chi connectivity index (χ3v) is 5.37. The Bertz CT molecular complexity index is 1060. The van der Waals surface area contributed by atoms with E-state index in [2.05, 4.69) is 30.5 Å². The molecule has 0 saturated heterocycles. The zero-order valence-electron chi connectivity index (χ0n) is 15.0. The molecule has 0 bridgehead atoms. The molecule has 0 aliphatic heterocycles. The van der Waals surface area contributed by atoms with Crippen molar-refractivity contribution in [3.8, 4) is 0 Å². The second-order valence-electron chi connectivity index (χ2n) is 5.68. The fourth-order valence-corrected chi connectivity index (χ4v) is 3.32. The Kier molecular flexibility index (Phi) is 5.67. The predicted octanol–water partition coefficient (Wildman–Crippen LogP) is 0.503. The molecule has 3 N–H and O–H groups in total. The standard InChI is InChI=1S/C17H21N7O2S/c1-18-17(21-12-16-23-22-15-8-3-4-9-24(15)16)20-11-13-6-5-7-14(10-13)27(25,26)19-2/h3-10,19H,11-12H2,1-2H3,(H2,18,20,21). The average molecular weight is 387 g/mol. The molecule has 10 heteroatoms. The third kappa shape index (κ3) is 4.41. The number of nitrogens with one attached hydrogen (secondary N) is 3. The molecule has 2 heterocycles. The number of rotatable bonds is 6. The van der Waals surface area contributed by atoms with Crippen LogP contribution in [0.25, 0.3) is 5.65 Å². The van der Waals surface area contributed by atoms with Gasteiger partial charge in [0.25, 0.3) is 0 Å². The van der Waals surface area contributed by atoms with Gasteiger partial charge in [-0.3, -0.25) is 9.39 Å². The molecule has 0 spiro atoms. The fourth-order valence-electron chi connectivity index (χ4n) is 2.52. The second-order valence-corrected chi connectivity index (χ2v) is 7.57. The molecule has 2 aromatic heterocycles. The van der Waals surface area contributed by atoms with Crippen LogP contribution in [0.4, 0.5) is 0 Å². The molecule has 0 aliphatic rings. The van der Waals surface area contributed by atoms with E-state index in [0.717, 1.165) is 17.0 Å². The van der Waals surface area contributed by atoms with Gasteiger partial charge in [0.15, 0.2) is 17.4 Å². The van der Waals surface area contributed by atoms with Gasteiger partial charge in [0, 0.05) is 19.8 Å². The predicted molar refractivity (Wildman–Crippen MR) is 103 cm³/mol. The lowest BCUT2D eigenvalue weighted by molar-refractivity contribution is 0.588. The van der Waals surface area contributed by atoms with E-state index in [1.54, 1.807) is 25.2 Å². The minimum Gasteiger partial charge on any atom is -0.352 e. The molecule has 0 saturated carbocycles. The van der Waals surface area contributed by atoms with Crippen LogP contribution in [0, 0.1) is 0 Å². The van der Waals surface area contributed by atoms with Gasteiger partial charge in [0.1, 0.15) is 0 Å². The van der Waals surface area contributed by atoms with Gasteiger partial charge in [-0.25, -0.2) is 13.1 Å². The zero-order valence-corrected chi connectivity index (χ0v) is 15.9. The van der Waals surface area contributed by atoms with Gasteiger partial charge < -0.3 is 10.6 Å². The first-order valence-electron chi connectivity index (χ1n) is 8.29. The summed E-state index contributed by atoms with van der Waals surface area (Å²) in [7, 11) is -0.412. The van der Waals surface area contributed by atoms with Crippen molar-refractivity contribution in [1.29, 1.82) is 0 Å². The summed E-state index contributed by atoms with van der Waals surface area (Å²) in [5.74, 6) is 1.33. The van der Waals surface area contributed by atoms with Gasteiger partial charge >= 0.3 is 0 Å². The van der Waals surface area contributed by atoms with Crippen LogP contribution in [0.5, 0.6) is 0 Å². The number of aromatic nitrogens is 3. The number of aliphatic imine (C=N–C) groups is 1. The number of sulfonamides is 1. The lowest BCUT2D eigenvalue weighted by Crippen LogP contribution is -2.36. The summed E-state index contributed by atoms with van der Waals surface area (Å²) in [5.41, 5.74) is 1.60. The number of hydrogen-bond donors (Lipinski definition) is 3. The maximum atomic E-state index is 11.9. The average Bonchev–Trinajstić information content (AvgIpc) is 3.11. The van der Waals surface area contributed by atoms with Crippen LogP contribution in [-0.4, -0.2) is 43.1 Å². The Morgan fingerprint density at radius 3 is 2.70 bits per heavy atom. The summed E-state index contributed by atoms with van der Waals surface area (Å²) in [4.78, 5) is 4.40. The van der Waals surface area contributed by atoms with E-state index in [4.69, 9.17) is 0 Å². The maximum Gasteiger partial charge on any atom is 0.240 e. The molecule has 0 fully saturated rings. The van der Waals surface area contributed by atoms with E-state index >= 15 is 0 Å². The number of hydrogen-bond acceptors (Lipinski definition) is 5. The van der Waals surface area contributed by atoms with Crippen LogP contribution < -0.4 is 15.4 Å². The van der Waals surface area contributed by atoms with Crippen LogP contribution in [0.1, 0.15) is 11.4 Å². The molecule has 142 valence electrons. The van der Waals surface area contributed by atoms with Crippen LogP contribution in [-0.2, 0) is 23.1 Å². The molecular formula is C17H21N7O2S. The first-order valence-corrected chi connectivity index (χ1v) is 9.77. The molecule has 27 heavy (non-hydrogen) atoms. The Morgan fingerprint density at radius 1 is 1.11 bits per heavy atom. The molecule has 0 unspecified atom stereocenters. The summed E-state index contributed by atoms with van der Waals surface area (Å²) in [5, 5.41) is 14.6. The Hall–Kier alpha value is -2.98. The van der Waals surface area contributed by atoms with Crippen LogP contribution >= 0.6 is 0 Å². The number of pyridine rings is 1. The van der Waals surface area contributed by atoms with E-state index in [9.17, 15) is 8.42 Å². The van der Waals surface area contributed by atoms with Gasteiger partial charge in [-0.2, -0.15) is 0 Å². The van der Waals surface area contributed by atoms with Gasteiger partial charge in [-0.1, -0.05) is 18.2 Å². The summed E-state index contributed by atoms with van der Waals surface area (Å²) in [6, 6.07) is 12.4. The molecule has 0 amide bonds. The summed E-state index contributed by atoms with van der Waals surface area (Å²) < 4.78 is 28.0. The smallest absolute Gasteiger partial charge is 0.240 e. The minimum atomic E-state index is -3.47. The first kappa shape index (κ1) is 18.8. The number of guanidine groups is 1. The highest BCUT2D eigenvalue weighted by atomic mass is 32.2. The van der Waals surface area contributed by atoms with E-state index in [1.807, 2.05) is 34.9 Å². The van der Waals surface area contributed by atoms with Crippen LogP contribution in [0.15, 0.2) is 58.5 Å². The Labute approximate surface area is 157 Å². The van der Waals surface area contributed by atoms with Gasteiger partial charge in [-0.15, -0.1) is 10.2 Å². The van der Waals surface area contributed by atoms with Crippen molar-refractivity contribution in [2.45, 2.75) is 18.0 Å². The molecular weight excluding hydrogens is 366 g/mol. The summed E-state index contributed by atoms with van der Waals surface area (Å²) >= 11 is 0. The van der Waals surface area contributed by atoms with E-state index in [0.29, 0.717) is 19.0 Å². The molecule has 0 aliphatic carbocycles. The van der Waals surface area contributed by atoms with E-state index in [1.165, 1.54) is 7.05 Å². The molecule has 1 aromatic carbocycles. The highest BCUT2D eigenvalue weighted by Gasteiger charge is 2.11. The molecule has 0 radical (unpaired) electrons. The van der Waals surface area contributed by atoms with Crippen LogP contribution in [0.3, 0.4) is 0 Å². The number of fused-ring (bicyclic) bond motifs is 1. The first-order chi connectivity index (χ1) is 13.0. The Balaban J connectivity index is 1.62. The van der Waals surface area contributed by atoms with Crippen molar-refractivity contribution in [2.75, 3.05) is 14.1 Å². The highest BCUT2D eigenvalue weighted by Crippen LogP contribution is 2.11. The highest BCUT2D eigenvalue weighted by molar-refractivity contribution is 7.89.